The Morgan fingerprint density at radius 3 is 2.44 bits per heavy atom. The number of aromatic nitrogens is 1. The fourth-order valence-corrected chi connectivity index (χ4v) is 1.52. The van der Waals surface area contributed by atoms with E-state index in [0.29, 0.717) is 12.6 Å². The van der Waals surface area contributed by atoms with Crippen LogP contribution in [0.4, 0.5) is 5.82 Å². The van der Waals surface area contributed by atoms with Gasteiger partial charge >= 0.3 is 0 Å². The first kappa shape index (κ1) is 17.2. The third-order valence-corrected chi connectivity index (χ3v) is 3.20. The van der Waals surface area contributed by atoms with Gasteiger partial charge < -0.3 is 10.6 Å². The minimum absolute atomic E-state index is 0. The lowest BCUT2D eigenvalue weighted by atomic mass is 10.2. The summed E-state index contributed by atoms with van der Waals surface area (Å²) in [5.74, 6) is 1.02. The van der Waals surface area contributed by atoms with Crippen LogP contribution in [0.25, 0.3) is 0 Å². The average Bonchev–Trinajstić information content (AvgIpc) is 2.37. The number of halogens is 1. The molecule has 0 bridgehead atoms. The highest BCUT2D eigenvalue weighted by Gasteiger charge is 2.08. The molecular weight excluding hydrogens is 248 g/mol. The summed E-state index contributed by atoms with van der Waals surface area (Å²) in [4.78, 5) is 8.81. The number of hydrogen-bond donors (Lipinski definition) is 1. The van der Waals surface area contributed by atoms with Crippen molar-refractivity contribution in [2.45, 2.75) is 26.4 Å². The molecule has 1 aromatic rings. The van der Waals surface area contributed by atoms with E-state index in [0.717, 1.165) is 18.9 Å². The van der Waals surface area contributed by atoms with Crippen molar-refractivity contribution in [3.8, 4) is 0 Å². The molecule has 1 atom stereocenters. The zero-order valence-corrected chi connectivity index (χ0v) is 12.6. The van der Waals surface area contributed by atoms with E-state index in [2.05, 4.69) is 47.8 Å². The summed E-state index contributed by atoms with van der Waals surface area (Å²) >= 11 is 0. The van der Waals surface area contributed by atoms with Crippen LogP contribution in [-0.4, -0.2) is 43.1 Å². The largest absolute Gasteiger partial charge is 0.360 e. The van der Waals surface area contributed by atoms with E-state index in [4.69, 9.17) is 5.73 Å². The highest BCUT2D eigenvalue weighted by atomic mass is 35.5. The van der Waals surface area contributed by atoms with E-state index in [1.165, 1.54) is 5.56 Å². The summed E-state index contributed by atoms with van der Waals surface area (Å²) < 4.78 is 0. The molecule has 0 saturated carbocycles. The molecular formula is C13H25ClN4. The van der Waals surface area contributed by atoms with Crippen molar-refractivity contribution in [2.75, 3.05) is 32.1 Å². The molecule has 0 saturated heterocycles. The number of anilines is 1. The molecule has 0 spiro atoms. The van der Waals surface area contributed by atoms with Gasteiger partial charge in [-0.3, -0.25) is 4.90 Å². The van der Waals surface area contributed by atoms with Gasteiger partial charge in [-0.1, -0.05) is 6.07 Å². The number of hydrogen-bond acceptors (Lipinski definition) is 4. The highest BCUT2D eigenvalue weighted by molar-refractivity contribution is 5.85. The van der Waals surface area contributed by atoms with Gasteiger partial charge in [-0.25, -0.2) is 4.98 Å². The van der Waals surface area contributed by atoms with E-state index in [1.807, 2.05) is 13.2 Å². The summed E-state index contributed by atoms with van der Waals surface area (Å²) in [6.45, 7) is 6.79. The van der Waals surface area contributed by atoms with Crippen LogP contribution in [0.5, 0.6) is 0 Å². The maximum absolute atomic E-state index is 5.64. The Kier molecular flexibility index (Phi) is 7.91. The van der Waals surface area contributed by atoms with Gasteiger partial charge in [-0.05, 0) is 32.5 Å². The summed E-state index contributed by atoms with van der Waals surface area (Å²) in [5, 5.41) is 0. The number of nitrogens with zero attached hydrogens (tertiary/aromatic N) is 3. The normalized spacial score (nSPS) is 12.1. The predicted octanol–water partition coefficient (Wildman–Crippen LogP) is 1.74. The van der Waals surface area contributed by atoms with Crippen LogP contribution in [0.15, 0.2) is 18.3 Å². The summed E-state index contributed by atoms with van der Waals surface area (Å²) in [6, 6.07) is 4.60. The monoisotopic (exact) mass is 272 g/mol. The number of rotatable bonds is 6. The molecule has 0 aliphatic carbocycles. The summed E-state index contributed by atoms with van der Waals surface area (Å²) in [5.41, 5.74) is 6.87. The van der Waals surface area contributed by atoms with E-state index in [-0.39, 0.29) is 12.4 Å². The minimum atomic E-state index is 0. The van der Waals surface area contributed by atoms with Crippen LogP contribution >= 0.6 is 12.4 Å². The van der Waals surface area contributed by atoms with Crippen LogP contribution in [-0.2, 0) is 6.54 Å². The molecule has 0 fully saturated rings. The van der Waals surface area contributed by atoms with Crippen molar-refractivity contribution in [1.82, 2.24) is 9.88 Å². The van der Waals surface area contributed by atoms with Crippen LogP contribution < -0.4 is 10.6 Å². The van der Waals surface area contributed by atoms with E-state index >= 15 is 0 Å². The Bertz CT molecular complexity index is 328. The third kappa shape index (κ3) is 4.80. The number of nitrogens with two attached hydrogens (primary N) is 1. The van der Waals surface area contributed by atoms with Gasteiger partial charge in [0.2, 0.25) is 0 Å². The molecule has 0 radical (unpaired) electrons. The van der Waals surface area contributed by atoms with Gasteiger partial charge in [-0.2, -0.15) is 0 Å². The van der Waals surface area contributed by atoms with Gasteiger partial charge in [0.15, 0.2) is 0 Å². The zero-order chi connectivity index (χ0) is 12.8. The first-order valence-corrected chi connectivity index (χ1v) is 6.14. The van der Waals surface area contributed by atoms with E-state index in [9.17, 15) is 0 Å². The standard InChI is InChI=1S/C13H24N4.ClH/c1-5-16(3)13-7-6-12(9-15-13)10-17(4)11(2)8-14;/h6-7,9,11H,5,8,10,14H2,1-4H3;1H. The second kappa shape index (κ2) is 8.29. The van der Waals surface area contributed by atoms with Crippen LogP contribution in [0.3, 0.4) is 0 Å². The third-order valence-electron chi connectivity index (χ3n) is 3.20. The molecule has 1 heterocycles. The Morgan fingerprint density at radius 2 is 2.00 bits per heavy atom. The van der Waals surface area contributed by atoms with Crippen molar-refractivity contribution < 1.29 is 0 Å². The van der Waals surface area contributed by atoms with Crippen molar-refractivity contribution in [3.63, 3.8) is 0 Å². The Balaban J connectivity index is 0.00000289. The average molecular weight is 273 g/mol. The molecule has 5 heteroatoms. The fourth-order valence-electron chi connectivity index (χ4n) is 1.52. The Hall–Kier alpha value is -0.840. The lowest BCUT2D eigenvalue weighted by molar-refractivity contribution is 0.254. The molecule has 1 aromatic heterocycles. The Labute approximate surface area is 117 Å². The molecule has 0 aliphatic rings. The molecule has 18 heavy (non-hydrogen) atoms. The van der Waals surface area contributed by atoms with Gasteiger partial charge in [0.25, 0.3) is 0 Å². The Morgan fingerprint density at radius 1 is 1.33 bits per heavy atom. The van der Waals surface area contributed by atoms with Gasteiger partial charge in [0, 0.05) is 38.9 Å². The summed E-state index contributed by atoms with van der Waals surface area (Å²) in [7, 11) is 4.13. The quantitative estimate of drug-likeness (QED) is 0.857. The molecule has 1 rings (SSSR count). The minimum Gasteiger partial charge on any atom is -0.360 e. The zero-order valence-electron chi connectivity index (χ0n) is 11.8. The smallest absolute Gasteiger partial charge is 0.128 e. The molecule has 0 aromatic carbocycles. The number of likely N-dealkylation sites (N-methyl/N-ethyl adjacent to an activating group) is 1. The first-order chi connectivity index (χ1) is 8.08. The highest BCUT2D eigenvalue weighted by Crippen LogP contribution is 2.11. The molecule has 0 aliphatic heterocycles. The van der Waals surface area contributed by atoms with Gasteiger partial charge in [0.05, 0.1) is 0 Å². The first-order valence-electron chi connectivity index (χ1n) is 6.14. The molecule has 1 unspecified atom stereocenters. The van der Waals surface area contributed by atoms with E-state index in [1.54, 1.807) is 0 Å². The molecule has 2 N–H and O–H groups in total. The molecule has 4 nitrogen and oxygen atoms in total. The lowest BCUT2D eigenvalue weighted by Crippen LogP contribution is -2.34. The van der Waals surface area contributed by atoms with E-state index < -0.39 is 0 Å². The molecule has 0 amide bonds. The molecule has 104 valence electrons. The maximum Gasteiger partial charge on any atom is 0.128 e. The van der Waals surface area contributed by atoms with Crippen LogP contribution in [0.1, 0.15) is 19.4 Å². The second-order valence-corrected chi connectivity index (χ2v) is 4.54. The SMILES string of the molecule is CCN(C)c1ccc(CN(C)C(C)CN)cn1.Cl. The summed E-state index contributed by atoms with van der Waals surface area (Å²) in [6.07, 6.45) is 1.95. The van der Waals surface area contributed by atoms with Gasteiger partial charge in [0.1, 0.15) is 5.82 Å². The van der Waals surface area contributed by atoms with Crippen molar-refractivity contribution in [1.29, 1.82) is 0 Å². The van der Waals surface area contributed by atoms with Crippen molar-refractivity contribution >= 4 is 18.2 Å². The second-order valence-electron chi connectivity index (χ2n) is 4.54. The van der Waals surface area contributed by atoms with Gasteiger partial charge in [-0.15, -0.1) is 12.4 Å². The maximum atomic E-state index is 5.64. The van der Waals surface area contributed by atoms with Crippen LogP contribution in [0, 0.1) is 0 Å². The fraction of sp³-hybridized carbons (Fsp3) is 0.615. The van der Waals surface area contributed by atoms with Crippen molar-refractivity contribution in [3.05, 3.63) is 23.9 Å². The topological polar surface area (TPSA) is 45.4 Å². The predicted molar refractivity (Wildman–Crippen MR) is 80.4 cm³/mol. The van der Waals surface area contributed by atoms with Crippen LogP contribution in [0.2, 0.25) is 0 Å². The number of pyridine rings is 1. The van der Waals surface area contributed by atoms with Crippen molar-refractivity contribution in [2.24, 2.45) is 5.73 Å². The lowest BCUT2D eigenvalue weighted by Gasteiger charge is -2.23.